The molecule has 0 saturated carbocycles. The maximum atomic E-state index is 13.5. The molecule has 0 bridgehead atoms. The van der Waals surface area contributed by atoms with E-state index in [-0.39, 0.29) is 5.82 Å². The van der Waals surface area contributed by atoms with Gasteiger partial charge in [0, 0.05) is 30.9 Å². The Labute approximate surface area is 106 Å². The number of benzene rings is 1. The molecule has 2 N–H and O–H groups in total. The van der Waals surface area contributed by atoms with Crippen LogP contribution >= 0.6 is 0 Å². The highest BCUT2D eigenvalue weighted by Crippen LogP contribution is 2.11. The number of H-pyrrole nitrogens is 1. The molecule has 0 spiro atoms. The lowest BCUT2D eigenvalue weighted by atomic mass is 10.1. The minimum atomic E-state index is -0.184. The second kappa shape index (κ2) is 5.78. The molecule has 0 radical (unpaired) electrons. The quantitative estimate of drug-likeness (QED) is 0.852. The molecule has 0 fully saturated rings. The Hall–Kier alpha value is -1.68. The Morgan fingerprint density at radius 3 is 2.83 bits per heavy atom. The second-order valence-corrected chi connectivity index (χ2v) is 4.66. The molecule has 2 aromatic rings. The van der Waals surface area contributed by atoms with Crippen molar-refractivity contribution in [1.29, 1.82) is 0 Å². The summed E-state index contributed by atoms with van der Waals surface area (Å²) in [4.78, 5) is 7.47. The molecule has 1 heterocycles. The predicted molar refractivity (Wildman–Crippen MR) is 69.8 cm³/mol. The van der Waals surface area contributed by atoms with Crippen LogP contribution in [0, 0.1) is 5.82 Å². The summed E-state index contributed by atoms with van der Waals surface area (Å²) in [6.45, 7) is 4.94. The van der Waals surface area contributed by atoms with E-state index in [1.807, 2.05) is 6.07 Å². The van der Waals surface area contributed by atoms with Crippen molar-refractivity contribution in [1.82, 2.24) is 15.3 Å². The molecule has 1 aromatic heterocycles. The fourth-order valence-electron chi connectivity index (χ4n) is 1.72. The van der Waals surface area contributed by atoms with Gasteiger partial charge in [0.15, 0.2) is 0 Å². The highest BCUT2D eigenvalue weighted by atomic mass is 19.1. The Balaban J connectivity index is 2.00. The molecular weight excluding hydrogens is 229 g/mol. The van der Waals surface area contributed by atoms with Gasteiger partial charge in [0.2, 0.25) is 0 Å². The van der Waals surface area contributed by atoms with Crippen LogP contribution < -0.4 is 5.32 Å². The van der Waals surface area contributed by atoms with E-state index in [0.29, 0.717) is 18.0 Å². The number of hydrogen-bond donors (Lipinski definition) is 2. The number of aromatic amines is 1. The molecule has 0 aliphatic heterocycles. The van der Waals surface area contributed by atoms with Crippen molar-refractivity contribution in [2.75, 3.05) is 0 Å². The Morgan fingerprint density at radius 2 is 2.11 bits per heavy atom. The molecule has 0 atom stereocenters. The molecule has 0 unspecified atom stereocenters. The van der Waals surface area contributed by atoms with Crippen molar-refractivity contribution < 1.29 is 4.39 Å². The number of imidazole rings is 1. The van der Waals surface area contributed by atoms with Crippen LogP contribution in [-0.2, 0) is 13.0 Å². The lowest BCUT2D eigenvalue weighted by Crippen LogP contribution is -2.21. The van der Waals surface area contributed by atoms with E-state index in [1.54, 1.807) is 18.3 Å². The van der Waals surface area contributed by atoms with Gasteiger partial charge in [-0.3, -0.25) is 0 Å². The van der Waals surface area contributed by atoms with Gasteiger partial charge < -0.3 is 10.3 Å². The lowest BCUT2D eigenvalue weighted by molar-refractivity contribution is 0.582. The number of halogens is 1. The van der Waals surface area contributed by atoms with Crippen molar-refractivity contribution in [3.63, 3.8) is 0 Å². The molecular formula is C14H18FN3. The molecule has 0 aliphatic rings. The smallest absolute Gasteiger partial charge is 0.126 e. The van der Waals surface area contributed by atoms with Gasteiger partial charge in [-0.15, -0.1) is 0 Å². The Bertz CT molecular complexity index is 505. The summed E-state index contributed by atoms with van der Waals surface area (Å²) >= 11 is 0. The van der Waals surface area contributed by atoms with E-state index in [2.05, 4.69) is 29.1 Å². The van der Waals surface area contributed by atoms with E-state index >= 15 is 0 Å². The zero-order valence-electron chi connectivity index (χ0n) is 10.7. The number of hydrogen-bond acceptors (Lipinski definition) is 2. The van der Waals surface area contributed by atoms with Gasteiger partial charge in [0.05, 0.1) is 0 Å². The van der Waals surface area contributed by atoms with Crippen LogP contribution in [0.5, 0.6) is 0 Å². The van der Waals surface area contributed by atoms with Crippen molar-refractivity contribution in [2.24, 2.45) is 0 Å². The van der Waals surface area contributed by atoms with Gasteiger partial charge in [-0.05, 0) is 11.6 Å². The largest absolute Gasteiger partial charge is 0.345 e. The van der Waals surface area contributed by atoms with Crippen LogP contribution in [0.3, 0.4) is 0 Å². The SMILES string of the molecule is CC(C)NCc1cnc(Cc2ccccc2F)[nH]1. The number of nitrogens with one attached hydrogen (secondary N) is 2. The van der Waals surface area contributed by atoms with Gasteiger partial charge in [-0.25, -0.2) is 9.37 Å². The van der Waals surface area contributed by atoms with Crippen LogP contribution in [0.25, 0.3) is 0 Å². The average molecular weight is 247 g/mol. The zero-order valence-corrected chi connectivity index (χ0v) is 10.7. The van der Waals surface area contributed by atoms with Crippen LogP contribution in [0.4, 0.5) is 4.39 Å². The van der Waals surface area contributed by atoms with E-state index < -0.39 is 0 Å². The Kier molecular flexibility index (Phi) is 4.10. The van der Waals surface area contributed by atoms with E-state index in [0.717, 1.165) is 18.1 Å². The summed E-state index contributed by atoms with van der Waals surface area (Å²) in [5, 5.41) is 3.31. The molecule has 18 heavy (non-hydrogen) atoms. The molecule has 0 saturated heterocycles. The van der Waals surface area contributed by atoms with Gasteiger partial charge in [-0.1, -0.05) is 32.0 Å². The summed E-state index contributed by atoms with van der Waals surface area (Å²) in [5.74, 6) is 0.608. The molecule has 1 aromatic carbocycles. The minimum absolute atomic E-state index is 0.184. The molecule has 0 amide bonds. The highest BCUT2D eigenvalue weighted by molar-refractivity contribution is 5.21. The number of aromatic nitrogens is 2. The normalized spacial score (nSPS) is 11.1. The van der Waals surface area contributed by atoms with Gasteiger partial charge in [-0.2, -0.15) is 0 Å². The van der Waals surface area contributed by atoms with Gasteiger partial charge >= 0.3 is 0 Å². The summed E-state index contributed by atoms with van der Waals surface area (Å²) in [7, 11) is 0. The van der Waals surface area contributed by atoms with Crippen molar-refractivity contribution in [2.45, 2.75) is 32.9 Å². The van der Waals surface area contributed by atoms with Crippen LogP contribution in [-0.4, -0.2) is 16.0 Å². The maximum Gasteiger partial charge on any atom is 0.126 e. The van der Waals surface area contributed by atoms with Gasteiger partial charge in [0.25, 0.3) is 0 Å². The Morgan fingerprint density at radius 1 is 1.33 bits per heavy atom. The molecule has 4 heteroatoms. The predicted octanol–water partition coefficient (Wildman–Crippen LogP) is 2.64. The molecule has 2 rings (SSSR count). The standard InChI is InChI=1S/C14H18FN3/c1-10(2)16-8-12-9-17-14(18-12)7-11-5-3-4-6-13(11)15/h3-6,9-10,16H,7-8H2,1-2H3,(H,17,18). The van der Waals surface area contributed by atoms with E-state index in [1.165, 1.54) is 6.07 Å². The third-order valence-electron chi connectivity index (χ3n) is 2.70. The molecule has 0 aliphatic carbocycles. The highest BCUT2D eigenvalue weighted by Gasteiger charge is 2.06. The lowest BCUT2D eigenvalue weighted by Gasteiger charge is -2.05. The third kappa shape index (κ3) is 3.40. The first kappa shape index (κ1) is 12.8. The first-order valence-corrected chi connectivity index (χ1v) is 6.14. The summed E-state index contributed by atoms with van der Waals surface area (Å²) in [5.41, 5.74) is 1.69. The number of nitrogens with zero attached hydrogens (tertiary/aromatic N) is 1. The van der Waals surface area contributed by atoms with Crippen LogP contribution in [0.15, 0.2) is 30.5 Å². The summed E-state index contributed by atoms with van der Waals surface area (Å²) in [6.07, 6.45) is 2.29. The fourth-order valence-corrected chi connectivity index (χ4v) is 1.72. The van der Waals surface area contributed by atoms with Crippen molar-refractivity contribution in [3.05, 3.63) is 53.4 Å². The van der Waals surface area contributed by atoms with E-state index in [4.69, 9.17) is 0 Å². The maximum absolute atomic E-state index is 13.5. The average Bonchev–Trinajstić information content (AvgIpc) is 2.77. The van der Waals surface area contributed by atoms with Crippen molar-refractivity contribution in [3.8, 4) is 0 Å². The third-order valence-corrected chi connectivity index (χ3v) is 2.70. The minimum Gasteiger partial charge on any atom is -0.345 e. The monoisotopic (exact) mass is 247 g/mol. The van der Waals surface area contributed by atoms with Gasteiger partial charge in [0.1, 0.15) is 11.6 Å². The molecule has 3 nitrogen and oxygen atoms in total. The molecule has 96 valence electrons. The van der Waals surface area contributed by atoms with Crippen LogP contribution in [0.2, 0.25) is 0 Å². The summed E-state index contributed by atoms with van der Waals surface area (Å²) in [6, 6.07) is 7.22. The number of rotatable bonds is 5. The fraction of sp³-hybridized carbons (Fsp3) is 0.357. The first-order chi connectivity index (χ1) is 8.65. The van der Waals surface area contributed by atoms with E-state index in [9.17, 15) is 4.39 Å². The van der Waals surface area contributed by atoms with Crippen LogP contribution in [0.1, 0.15) is 30.9 Å². The topological polar surface area (TPSA) is 40.7 Å². The zero-order chi connectivity index (χ0) is 13.0. The summed E-state index contributed by atoms with van der Waals surface area (Å²) < 4.78 is 13.5. The van der Waals surface area contributed by atoms with Crippen molar-refractivity contribution >= 4 is 0 Å². The first-order valence-electron chi connectivity index (χ1n) is 6.14. The second-order valence-electron chi connectivity index (χ2n) is 4.66.